The van der Waals surface area contributed by atoms with Gasteiger partial charge in [-0.05, 0) is 31.6 Å². The first-order valence-electron chi connectivity index (χ1n) is 7.30. The lowest BCUT2D eigenvalue weighted by molar-refractivity contribution is 0.139. The summed E-state index contributed by atoms with van der Waals surface area (Å²) in [5.41, 5.74) is 1.42. The third kappa shape index (κ3) is 2.99. The molecule has 104 valence electrons. The Balaban J connectivity index is 1.67. The summed E-state index contributed by atoms with van der Waals surface area (Å²) in [4.78, 5) is 2.69. The van der Waals surface area contributed by atoms with Gasteiger partial charge in [0.25, 0.3) is 0 Å². The van der Waals surface area contributed by atoms with Crippen molar-refractivity contribution in [3.63, 3.8) is 0 Å². The van der Waals surface area contributed by atoms with Crippen LogP contribution in [0.15, 0.2) is 30.3 Å². The van der Waals surface area contributed by atoms with Gasteiger partial charge in [0.15, 0.2) is 0 Å². The minimum absolute atomic E-state index is 0.495. The van der Waals surface area contributed by atoms with Gasteiger partial charge < -0.3 is 5.32 Å². The Morgan fingerprint density at radius 1 is 1.32 bits per heavy atom. The summed E-state index contributed by atoms with van der Waals surface area (Å²) in [7, 11) is 0. The highest BCUT2D eigenvalue weighted by Crippen LogP contribution is 2.48. The quantitative estimate of drug-likeness (QED) is 0.910. The number of hydrogen-bond donors (Lipinski definition) is 1. The molecule has 0 radical (unpaired) electrons. The molecule has 2 atom stereocenters. The van der Waals surface area contributed by atoms with E-state index in [2.05, 4.69) is 65.5 Å². The molecule has 1 aliphatic carbocycles. The van der Waals surface area contributed by atoms with E-state index in [1.165, 1.54) is 24.9 Å². The molecular weight excluding hydrogens is 252 g/mol. The van der Waals surface area contributed by atoms with Crippen molar-refractivity contribution in [3.05, 3.63) is 35.9 Å². The van der Waals surface area contributed by atoms with Gasteiger partial charge in [0, 0.05) is 36.5 Å². The average Bonchev–Trinajstić information content (AvgIpc) is 3.23. The summed E-state index contributed by atoms with van der Waals surface area (Å²) >= 11 is 2.07. The van der Waals surface area contributed by atoms with Crippen molar-refractivity contribution in [2.24, 2.45) is 0 Å². The second kappa shape index (κ2) is 5.47. The Morgan fingerprint density at radius 2 is 2.05 bits per heavy atom. The summed E-state index contributed by atoms with van der Waals surface area (Å²) in [5, 5.41) is 3.69. The van der Waals surface area contributed by atoms with Crippen LogP contribution in [0.5, 0.6) is 0 Å². The molecule has 2 aliphatic rings. The number of hydrogen-bond acceptors (Lipinski definition) is 3. The van der Waals surface area contributed by atoms with E-state index in [-0.39, 0.29) is 0 Å². The number of rotatable bonds is 4. The monoisotopic (exact) mass is 276 g/mol. The van der Waals surface area contributed by atoms with E-state index < -0.39 is 0 Å². The molecular formula is C16H24N2S. The van der Waals surface area contributed by atoms with E-state index in [1.807, 2.05) is 0 Å². The molecule has 1 aliphatic heterocycles. The Hall–Kier alpha value is -0.510. The summed E-state index contributed by atoms with van der Waals surface area (Å²) in [6.45, 7) is 5.86. The Labute approximate surface area is 121 Å². The van der Waals surface area contributed by atoms with Gasteiger partial charge >= 0.3 is 0 Å². The van der Waals surface area contributed by atoms with Gasteiger partial charge in [-0.15, -0.1) is 0 Å². The molecule has 1 heterocycles. The minimum atomic E-state index is 0.495. The third-order valence-corrected chi connectivity index (χ3v) is 6.04. The SMILES string of the molecule is CSC1(CN2CC(c3ccccc3)NCC2C)CC1. The first-order chi connectivity index (χ1) is 9.22. The van der Waals surface area contributed by atoms with Crippen molar-refractivity contribution in [1.82, 2.24) is 10.2 Å². The molecule has 19 heavy (non-hydrogen) atoms. The van der Waals surface area contributed by atoms with E-state index >= 15 is 0 Å². The summed E-state index contributed by atoms with van der Waals surface area (Å²) in [6, 6.07) is 12.0. The van der Waals surface area contributed by atoms with Crippen LogP contribution in [-0.2, 0) is 0 Å². The van der Waals surface area contributed by atoms with E-state index in [4.69, 9.17) is 0 Å². The van der Waals surface area contributed by atoms with E-state index in [9.17, 15) is 0 Å². The maximum atomic E-state index is 3.69. The van der Waals surface area contributed by atoms with Crippen molar-refractivity contribution in [2.75, 3.05) is 25.9 Å². The van der Waals surface area contributed by atoms with Crippen LogP contribution in [0.2, 0.25) is 0 Å². The minimum Gasteiger partial charge on any atom is -0.307 e. The zero-order valence-electron chi connectivity index (χ0n) is 11.9. The average molecular weight is 276 g/mol. The molecule has 0 aromatic heterocycles. The first-order valence-corrected chi connectivity index (χ1v) is 8.52. The molecule has 3 heteroatoms. The summed E-state index contributed by atoms with van der Waals surface area (Å²) in [6.07, 6.45) is 5.08. The highest BCUT2D eigenvalue weighted by atomic mass is 32.2. The first kappa shape index (κ1) is 13.5. The van der Waals surface area contributed by atoms with Gasteiger partial charge in [0.1, 0.15) is 0 Å². The molecule has 1 aromatic rings. The van der Waals surface area contributed by atoms with Crippen molar-refractivity contribution < 1.29 is 0 Å². The van der Waals surface area contributed by atoms with E-state index in [0.29, 0.717) is 16.8 Å². The largest absolute Gasteiger partial charge is 0.307 e. The van der Waals surface area contributed by atoms with Gasteiger partial charge in [-0.25, -0.2) is 0 Å². The molecule has 2 fully saturated rings. The molecule has 1 saturated heterocycles. The van der Waals surface area contributed by atoms with Gasteiger partial charge in [0.2, 0.25) is 0 Å². The van der Waals surface area contributed by atoms with Crippen LogP contribution in [0.3, 0.4) is 0 Å². The standard InChI is InChI=1S/C16H24N2S/c1-13-10-17-15(14-6-4-3-5-7-14)11-18(13)12-16(19-2)8-9-16/h3-7,13,15,17H,8-12H2,1-2H3. The second-order valence-corrected chi connectivity index (χ2v) is 7.31. The Morgan fingerprint density at radius 3 is 2.68 bits per heavy atom. The van der Waals surface area contributed by atoms with Gasteiger partial charge in [-0.2, -0.15) is 11.8 Å². The molecule has 1 aromatic carbocycles. The van der Waals surface area contributed by atoms with Crippen LogP contribution in [0, 0.1) is 0 Å². The number of benzene rings is 1. The van der Waals surface area contributed by atoms with Crippen LogP contribution >= 0.6 is 11.8 Å². The topological polar surface area (TPSA) is 15.3 Å². The highest BCUT2D eigenvalue weighted by molar-refractivity contribution is 8.00. The predicted molar refractivity (Wildman–Crippen MR) is 83.7 cm³/mol. The van der Waals surface area contributed by atoms with Gasteiger partial charge in [-0.1, -0.05) is 30.3 Å². The summed E-state index contributed by atoms with van der Waals surface area (Å²) in [5.74, 6) is 0. The van der Waals surface area contributed by atoms with E-state index in [0.717, 1.165) is 13.1 Å². The van der Waals surface area contributed by atoms with Crippen LogP contribution in [0.4, 0.5) is 0 Å². The van der Waals surface area contributed by atoms with Crippen LogP contribution < -0.4 is 5.32 Å². The number of piperazine rings is 1. The van der Waals surface area contributed by atoms with Crippen LogP contribution in [-0.4, -0.2) is 41.6 Å². The molecule has 1 saturated carbocycles. The third-order valence-electron chi connectivity index (χ3n) is 4.63. The lowest BCUT2D eigenvalue weighted by Crippen LogP contribution is -2.53. The lowest BCUT2D eigenvalue weighted by atomic mass is 10.0. The van der Waals surface area contributed by atoms with E-state index in [1.54, 1.807) is 0 Å². The fourth-order valence-corrected chi connectivity index (χ4v) is 3.79. The number of nitrogens with zero attached hydrogens (tertiary/aromatic N) is 1. The predicted octanol–water partition coefficient (Wildman–Crippen LogP) is 2.92. The molecule has 0 spiro atoms. The fraction of sp³-hybridized carbons (Fsp3) is 0.625. The van der Waals surface area contributed by atoms with Gasteiger partial charge in [0.05, 0.1) is 0 Å². The second-order valence-electron chi connectivity index (χ2n) is 6.04. The number of thioether (sulfide) groups is 1. The van der Waals surface area contributed by atoms with Crippen LogP contribution in [0.25, 0.3) is 0 Å². The summed E-state index contributed by atoms with van der Waals surface area (Å²) < 4.78 is 0.576. The Kier molecular flexibility index (Phi) is 3.88. The maximum Gasteiger partial charge on any atom is 0.0449 e. The fourth-order valence-electron chi connectivity index (χ4n) is 2.99. The van der Waals surface area contributed by atoms with Crippen molar-refractivity contribution in [2.45, 2.75) is 36.6 Å². The molecule has 2 nitrogen and oxygen atoms in total. The molecule has 0 amide bonds. The molecule has 1 N–H and O–H groups in total. The normalized spacial score (nSPS) is 30.2. The van der Waals surface area contributed by atoms with Crippen molar-refractivity contribution in [1.29, 1.82) is 0 Å². The zero-order valence-corrected chi connectivity index (χ0v) is 12.7. The molecule has 2 unspecified atom stereocenters. The van der Waals surface area contributed by atoms with Crippen molar-refractivity contribution in [3.8, 4) is 0 Å². The highest BCUT2D eigenvalue weighted by Gasteiger charge is 2.44. The lowest BCUT2D eigenvalue weighted by Gasteiger charge is -2.40. The Bertz CT molecular complexity index is 416. The van der Waals surface area contributed by atoms with Crippen molar-refractivity contribution >= 4 is 11.8 Å². The maximum absolute atomic E-state index is 3.69. The zero-order chi connectivity index (χ0) is 13.3. The smallest absolute Gasteiger partial charge is 0.0449 e. The molecule has 3 rings (SSSR count). The molecule has 0 bridgehead atoms. The van der Waals surface area contributed by atoms with Gasteiger partial charge in [-0.3, -0.25) is 4.90 Å². The van der Waals surface area contributed by atoms with Crippen LogP contribution in [0.1, 0.15) is 31.4 Å². The number of nitrogens with one attached hydrogen (secondary N) is 1.